The van der Waals surface area contributed by atoms with Crippen molar-refractivity contribution >= 4 is 5.97 Å². The molecule has 7 heteroatoms. The molecule has 0 aromatic rings. The molecule has 0 spiro atoms. The first-order valence-corrected chi connectivity index (χ1v) is 13.6. The first-order chi connectivity index (χ1) is 16.8. The zero-order valence-electron chi connectivity index (χ0n) is 22.6. The van der Waals surface area contributed by atoms with Gasteiger partial charge in [-0.25, -0.2) is 0 Å². The second-order valence-electron chi connectivity index (χ2n) is 9.31. The molecule has 1 aliphatic carbocycles. The van der Waals surface area contributed by atoms with Gasteiger partial charge in [-0.05, 0) is 59.3 Å². The van der Waals surface area contributed by atoms with E-state index in [1.165, 1.54) is 0 Å². The monoisotopic (exact) mass is 498 g/mol. The van der Waals surface area contributed by atoms with Gasteiger partial charge in [-0.2, -0.15) is 0 Å². The normalized spacial score (nSPS) is 25.4. The quantitative estimate of drug-likeness (QED) is 0.123. The molecule has 1 aliphatic rings. The highest BCUT2D eigenvalue weighted by atomic mass is 16.7. The van der Waals surface area contributed by atoms with E-state index in [1.54, 1.807) is 0 Å². The number of hydrogen-bond donors (Lipinski definition) is 2. The smallest absolute Gasteiger partial charge is 0.303 e. The molecular formula is C28H50O7. The van der Waals surface area contributed by atoms with Crippen LogP contribution in [0.2, 0.25) is 0 Å². The molecule has 1 saturated carbocycles. The van der Waals surface area contributed by atoms with Gasteiger partial charge in [-0.15, -0.1) is 0 Å². The van der Waals surface area contributed by atoms with Gasteiger partial charge in [0.05, 0.1) is 18.3 Å². The lowest BCUT2D eigenvalue weighted by molar-refractivity contribution is -0.163. The second kappa shape index (κ2) is 18.9. The number of hydrogen-bond acceptors (Lipinski definition) is 6. The standard InChI is InChI=1S/C28H50O7/c1-6-9-12-15-23(34-21(4)32-7-2)18-19-25-24(16-13-10-11-14-17-28(30)31)26(29)20-27(25)35-22(5)33-8-3/h10,13,18-19,21-27,29H,6-9,11-12,14-17,20H2,1-5H3,(H,30,31)/b13-10-,19-18+/t21?,22?,23-,24+,25+,26-,27+/m0/s1. The third-order valence-electron chi connectivity index (χ3n) is 6.40. The first kappa shape index (κ1) is 31.8. The Hall–Kier alpha value is -1.25. The molecule has 0 heterocycles. The number of allylic oxidation sites excluding steroid dienone is 2. The summed E-state index contributed by atoms with van der Waals surface area (Å²) in [4.78, 5) is 10.7. The van der Waals surface area contributed by atoms with E-state index in [0.29, 0.717) is 32.5 Å². The average Bonchev–Trinajstić information content (AvgIpc) is 3.08. The molecule has 2 N–H and O–H groups in total. The van der Waals surface area contributed by atoms with Crippen molar-refractivity contribution in [2.24, 2.45) is 11.8 Å². The SMILES string of the molecule is CCCCC[C@@H](/C=C/[C@@H]1[C@@H](C/C=C\CCCC(=O)O)[C@@H](O)C[C@H]1OC(C)OCC)OC(C)OCC. The second-order valence-corrected chi connectivity index (χ2v) is 9.31. The topological polar surface area (TPSA) is 94.5 Å². The number of carbonyl (C=O) groups is 1. The third-order valence-corrected chi connectivity index (χ3v) is 6.40. The summed E-state index contributed by atoms with van der Waals surface area (Å²) in [6.07, 6.45) is 14.2. The number of aliphatic carboxylic acids is 1. The lowest BCUT2D eigenvalue weighted by Gasteiger charge is -2.26. The number of carboxylic acid groups (broad SMARTS) is 1. The first-order valence-electron chi connectivity index (χ1n) is 13.6. The van der Waals surface area contributed by atoms with Gasteiger partial charge in [-0.3, -0.25) is 4.79 Å². The van der Waals surface area contributed by atoms with Crippen LogP contribution in [0.3, 0.4) is 0 Å². The number of aliphatic hydroxyl groups is 1. The van der Waals surface area contributed by atoms with E-state index in [-0.39, 0.29) is 43.0 Å². The summed E-state index contributed by atoms with van der Waals surface area (Å²) < 4.78 is 23.6. The van der Waals surface area contributed by atoms with Gasteiger partial charge in [0.25, 0.3) is 0 Å². The molecule has 1 rings (SSSR count). The third kappa shape index (κ3) is 13.6. The molecule has 0 radical (unpaired) electrons. The Kier molecular flexibility index (Phi) is 17.2. The summed E-state index contributed by atoms with van der Waals surface area (Å²) in [6, 6.07) is 0. The molecule has 0 bridgehead atoms. The molecule has 0 aromatic heterocycles. The van der Waals surface area contributed by atoms with Crippen LogP contribution in [0, 0.1) is 11.8 Å². The zero-order valence-corrected chi connectivity index (χ0v) is 22.6. The van der Waals surface area contributed by atoms with Gasteiger partial charge in [-0.1, -0.05) is 50.5 Å². The Balaban J connectivity index is 2.94. The van der Waals surface area contributed by atoms with Crippen LogP contribution < -0.4 is 0 Å². The Bertz CT molecular complexity index is 606. The minimum Gasteiger partial charge on any atom is -0.481 e. The highest BCUT2D eigenvalue weighted by molar-refractivity contribution is 5.66. The average molecular weight is 499 g/mol. The van der Waals surface area contributed by atoms with Gasteiger partial charge in [0.2, 0.25) is 0 Å². The summed E-state index contributed by atoms with van der Waals surface area (Å²) in [5, 5.41) is 19.7. The summed E-state index contributed by atoms with van der Waals surface area (Å²) in [5.74, 6) is -0.731. The Morgan fingerprint density at radius 1 is 1.03 bits per heavy atom. The van der Waals surface area contributed by atoms with Crippen LogP contribution in [0.1, 0.15) is 92.4 Å². The Labute approximate surface area is 212 Å². The van der Waals surface area contributed by atoms with Crippen LogP contribution in [-0.2, 0) is 23.7 Å². The maximum atomic E-state index is 10.9. The minimum absolute atomic E-state index is 0.0152. The van der Waals surface area contributed by atoms with Gasteiger partial charge in [0.15, 0.2) is 12.6 Å². The van der Waals surface area contributed by atoms with Crippen LogP contribution in [0.15, 0.2) is 24.3 Å². The van der Waals surface area contributed by atoms with E-state index in [1.807, 2.05) is 33.8 Å². The molecule has 204 valence electrons. The van der Waals surface area contributed by atoms with E-state index in [2.05, 4.69) is 25.2 Å². The molecule has 0 saturated heterocycles. The molecule has 2 unspecified atom stereocenters. The minimum atomic E-state index is -0.771. The molecule has 0 aliphatic heterocycles. The Morgan fingerprint density at radius 3 is 2.40 bits per heavy atom. The summed E-state index contributed by atoms with van der Waals surface area (Å²) in [5.41, 5.74) is 0. The number of ether oxygens (including phenoxy) is 4. The van der Waals surface area contributed by atoms with Gasteiger partial charge in [0, 0.05) is 32.0 Å². The number of rotatable bonds is 20. The predicted molar refractivity (Wildman–Crippen MR) is 138 cm³/mol. The summed E-state index contributed by atoms with van der Waals surface area (Å²) in [6.45, 7) is 11.1. The van der Waals surface area contributed by atoms with Crippen LogP contribution in [0.4, 0.5) is 0 Å². The van der Waals surface area contributed by atoms with E-state index in [4.69, 9.17) is 24.1 Å². The molecule has 7 atom stereocenters. The molecule has 0 amide bonds. The van der Waals surface area contributed by atoms with Crippen molar-refractivity contribution < 1.29 is 34.0 Å². The lowest BCUT2D eigenvalue weighted by atomic mass is 9.89. The lowest BCUT2D eigenvalue weighted by Crippen LogP contribution is -2.27. The van der Waals surface area contributed by atoms with Crippen molar-refractivity contribution in [3.05, 3.63) is 24.3 Å². The predicted octanol–water partition coefficient (Wildman–Crippen LogP) is 5.86. The van der Waals surface area contributed by atoms with Crippen molar-refractivity contribution in [2.45, 2.75) is 123 Å². The van der Waals surface area contributed by atoms with Crippen molar-refractivity contribution in [1.29, 1.82) is 0 Å². The Morgan fingerprint density at radius 2 is 1.74 bits per heavy atom. The van der Waals surface area contributed by atoms with Crippen LogP contribution in [0.25, 0.3) is 0 Å². The molecule has 1 fully saturated rings. The number of carboxylic acids is 1. The van der Waals surface area contributed by atoms with E-state index in [0.717, 1.165) is 32.1 Å². The van der Waals surface area contributed by atoms with Crippen molar-refractivity contribution in [1.82, 2.24) is 0 Å². The van der Waals surface area contributed by atoms with Gasteiger partial charge >= 0.3 is 5.97 Å². The van der Waals surface area contributed by atoms with Gasteiger partial charge < -0.3 is 29.2 Å². The summed E-state index contributed by atoms with van der Waals surface area (Å²) >= 11 is 0. The molecular weight excluding hydrogens is 448 g/mol. The van der Waals surface area contributed by atoms with Gasteiger partial charge in [0.1, 0.15) is 0 Å². The molecule has 35 heavy (non-hydrogen) atoms. The highest BCUT2D eigenvalue weighted by Crippen LogP contribution is 2.39. The molecule has 7 nitrogen and oxygen atoms in total. The zero-order chi connectivity index (χ0) is 26.1. The fourth-order valence-electron chi connectivity index (χ4n) is 4.67. The van der Waals surface area contributed by atoms with E-state index < -0.39 is 12.1 Å². The fraction of sp³-hybridized carbons (Fsp3) is 0.821. The van der Waals surface area contributed by atoms with Crippen LogP contribution in [0.5, 0.6) is 0 Å². The number of aliphatic hydroxyl groups excluding tert-OH is 1. The largest absolute Gasteiger partial charge is 0.481 e. The maximum absolute atomic E-state index is 10.9. The highest BCUT2D eigenvalue weighted by Gasteiger charge is 2.42. The molecule has 0 aromatic carbocycles. The van der Waals surface area contributed by atoms with Crippen molar-refractivity contribution in [3.8, 4) is 0 Å². The number of unbranched alkanes of at least 4 members (excludes halogenated alkanes) is 3. The fourth-order valence-corrected chi connectivity index (χ4v) is 4.67. The van der Waals surface area contributed by atoms with Crippen molar-refractivity contribution in [3.63, 3.8) is 0 Å². The van der Waals surface area contributed by atoms with E-state index >= 15 is 0 Å². The summed E-state index contributed by atoms with van der Waals surface area (Å²) in [7, 11) is 0. The maximum Gasteiger partial charge on any atom is 0.303 e. The van der Waals surface area contributed by atoms with E-state index in [9.17, 15) is 9.90 Å². The van der Waals surface area contributed by atoms with Crippen LogP contribution >= 0.6 is 0 Å². The van der Waals surface area contributed by atoms with Crippen molar-refractivity contribution in [2.75, 3.05) is 13.2 Å². The van der Waals surface area contributed by atoms with Crippen LogP contribution in [-0.4, -0.2) is 60.3 Å².